The molecule has 1 aliphatic rings. The van der Waals surface area contributed by atoms with Crippen LogP contribution in [-0.4, -0.2) is 18.4 Å². The van der Waals surface area contributed by atoms with E-state index in [0.717, 1.165) is 24.8 Å². The predicted molar refractivity (Wildman–Crippen MR) is 120 cm³/mol. The predicted octanol–water partition coefficient (Wildman–Crippen LogP) is 4.19. The Morgan fingerprint density at radius 1 is 0.935 bits per heavy atom. The molecule has 4 rings (SSSR count). The van der Waals surface area contributed by atoms with Crippen molar-refractivity contribution in [1.82, 2.24) is 10.6 Å². The van der Waals surface area contributed by atoms with Crippen molar-refractivity contribution in [3.63, 3.8) is 0 Å². The first-order valence-electron chi connectivity index (χ1n) is 10.6. The molecule has 158 valence electrons. The molecular weight excluding hydrogens is 388 g/mol. The number of amides is 2. The van der Waals surface area contributed by atoms with Gasteiger partial charge >= 0.3 is 0 Å². The van der Waals surface area contributed by atoms with E-state index in [4.69, 9.17) is 4.74 Å². The first-order chi connectivity index (χ1) is 15.2. The molecule has 2 amide bonds. The van der Waals surface area contributed by atoms with Gasteiger partial charge in [-0.3, -0.25) is 9.59 Å². The Kier molecular flexibility index (Phi) is 6.62. The summed E-state index contributed by atoms with van der Waals surface area (Å²) < 4.78 is 5.66. The summed E-state index contributed by atoms with van der Waals surface area (Å²) in [5, 5.41) is 5.98. The van der Waals surface area contributed by atoms with Crippen molar-refractivity contribution < 1.29 is 14.3 Å². The topological polar surface area (TPSA) is 67.4 Å². The number of hydrogen-bond donors (Lipinski definition) is 2. The second-order valence-electron chi connectivity index (χ2n) is 7.70. The smallest absolute Gasteiger partial charge is 0.258 e. The SMILES string of the molecule is O=C(COc1cccc(C(=O)NCc2ccccc2)c1)N[C@H]1CCCc2ccccc21. The van der Waals surface area contributed by atoms with Gasteiger partial charge in [-0.2, -0.15) is 0 Å². The van der Waals surface area contributed by atoms with Gasteiger partial charge in [0.1, 0.15) is 5.75 Å². The highest BCUT2D eigenvalue weighted by Gasteiger charge is 2.21. The number of aryl methyl sites for hydroxylation is 1. The van der Waals surface area contributed by atoms with Crippen LogP contribution in [0.3, 0.4) is 0 Å². The Morgan fingerprint density at radius 2 is 1.74 bits per heavy atom. The summed E-state index contributed by atoms with van der Waals surface area (Å²) in [5.41, 5.74) is 4.02. The van der Waals surface area contributed by atoms with E-state index >= 15 is 0 Å². The fourth-order valence-corrected chi connectivity index (χ4v) is 3.90. The molecule has 0 bridgehead atoms. The van der Waals surface area contributed by atoms with Crippen LogP contribution in [0, 0.1) is 0 Å². The largest absolute Gasteiger partial charge is 0.484 e. The van der Waals surface area contributed by atoms with Crippen molar-refractivity contribution in [3.05, 3.63) is 101 Å². The first kappa shape index (κ1) is 20.7. The zero-order valence-corrected chi connectivity index (χ0v) is 17.3. The van der Waals surface area contributed by atoms with Gasteiger partial charge in [0, 0.05) is 12.1 Å². The van der Waals surface area contributed by atoms with E-state index in [1.54, 1.807) is 24.3 Å². The molecule has 5 heteroatoms. The highest BCUT2D eigenvalue weighted by atomic mass is 16.5. The van der Waals surface area contributed by atoms with E-state index in [0.29, 0.717) is 17.9 Å². The third-order valence-electron chi connectivity index (χ3n) is 5.47. The molecule has 1 atom stereocenters. The number of ether oxygens (including phenoxy) is 1. The number of hydrogen-bond acceptors (Lipinski definition) is 3. The quantitative estimate of drug-likeness (QED) is 0.609. The Bertz CT molecular complexity index is 1050. The van der Waals surface area contributed by atoms with Gasteiger partial charge in [-0.15, -0.1) is 0 Å². The summed E-state index contributed by atoms with van der Waals surface area (Å²) in [6, 6.07) is 24.9. The van der Waals surface area contributed by atoms with Crippen molar-refractivity contribution in [2.24, 2.45) is 0 Å². The zero-order chi connectivity index (χ0) is 21.5. The summed E-state index contributed by atoms with van der Waals surface area (Å²) in [5.74, 6) is 0.143. The molecule has 0 spiro atoms. The lowest BCUT2D eigenvalue weighted by molar-refractivity contribution is -0.123. The van der Waals surface area contributed by atoms with Crippen LogP contribution in [0.4, 0.5) is 0 Å². The molecule has 0 radical (unpaired) electrons. The highest BCUT2D eigenvalue weighted by Crippen LogP contribution is 2.29. The minimum absolute atomic E-state index is 0.0242. The van der Waals surface area contributed by atoms with Gasteiger partial charge < -0.3 is 15.4 Å². The van der Waals surface area contributed by atoms with Gasteiger partial charge in [-0.25, -0.2) is 0 Å². The molecule has 0 heterocycles. The van der Waals surface area contributed by atoms with Gasteiger partial charge in [0.2, 0.25) is 0 Å². The van der Waals surface area contributed by atoms with Crippen LogP contribution >= 0.6 is 0 Å². The highest BCUT2D eigenvalue weighted by molar-refractivity contribution is 5.94. The Hall–Kier alpha value is -3.60. The van der Waals surface area contributed by atoms with E-state index in [-0.39, 0.29) is 24.5 Å². The summed E-state index contributed by atoms with van der Waals surface area (Å²) in [6.07, 6.45) is 3.04. The van der Waals surface area contributed by atoms with Gasteiger partial charge in [-0.05, 0) is 54.2 Å². The second-order valence-corrected chi connectivity index (χ2v) is 7.70. The van der Waals surface area contributed by atoms with Crippen molar-refractivity contribution in [2.75, 3.05) is 6.61 Å². The lowest BCUT2D eigenvalue weighted by Gasteiger charge is -2.26. The molecule has 0 fully saturated rings. The van der Waals surface area contributed by atoms with E-state index in [1.165, 1.54) is 11.1 Å². The summed E-state index contributed by atoms with van der Waals surface area (Å²) in [4.78, 5) is 24.9. The maximum Gasteiger partial charge on any atom is 0.258 e. The molecular formula is C26H26N2O3. The number of benzene rings is 3. The van der Waals surface area contributed by atoms with Crippen molar-refractivity contribution in [1.29, 1.82) is 0 Å². The minimum atomic E-state index is -0.183. The number of fused-ring (bicyclic) bond motifs is 1. The fraction of sp³-hybridized carbons (Fsp3) is 0.231. The Balaban J connectivity index is 1.30. The summed E-state index contributed by atoms with van der Waals surface area (Å²) in [7, 11) is 0. The first-order valence-corrected chi connectivity index (χ1v) is 10.6. The molecule has 2 N–H and O–H groups in total. The van der Waals surface area contributed by atoms with E-state index < -0.39 is 0 Å². The monoisotopic (exact) mass is 414 g/mol. The van der Waals surface area contributed by atoms with Crippen LogP contribution in [0.1, 0.15) is 45.9 Å². The van der Waals surface area contributed by atoms with Crippen LogP contribution < -0.4 is 15.4 Å². The average molecular weight is 415 g/mol. The van der Waals surface area contributed by atoms with Gasteiger partial charge in [0.05, 0.1) is 6.04 Å². The molecule has 0 unspecified atom stereocenters. The van der Waals surface area contributed by atoms with Gasteiger partial charge in [0.25, 0.3) is 11.8 Å². The van der Waals surface area contributed by atoms with E-state index in [2.05, 4.69) is 22.8 Å². The van der Waals surface area contributed by atoms with E-state index in [9.17, 15) is 9.59 Å². The molecule has 3 aromatic carbocycles. The molecule has 1 aliphatic carbocycles. The number of nitrogens with one attached hydrogen (secondary N) is 2. The third kappa shape index (κ3) is 5.51. The second kappa shape index (κ2) is 9.94. The lowest BCUT2D eigenvalue weighted by atomic mass is 9.88. The summed E-state index contributed by atoms with van der Waals surface area (Å²) >= 11 is 0. The van der Waals surface area contributed by atoms with Crippen LogP contribution in [0.15, 0.2) is 78.9 Å². The van der Waals surface area contributed by atoms with E-state index in [1.807, 2.05) is 42.5 Å². The number of carbonyl (C=O) groups excluding carboxylic acids is 2. The molecule has 0 aliphatic heterocycles. The van der Waals surface area contributed by atoms with Crippen LogP contribution in [-0.2, 0) is 17.8 Å². The van der Waals surface area contributed by atoms with Gasteiger partial charge in [0.15, 0.2) is 6.61 Å². The molecule has 0 saturated carbocycles. The lowest BCUT2D eigenvalue weighted by Crippen LogP contribution is -2.34. The number of rotatable bonds is 7. The van der Waals surface area contributed by atoms with Crippen LogP contribution in [0.2, 0.25) is 0 Å². The number of carbonyl (C=O) groups is 2. The third-order valence-corrected chi connectivity index (χ3v) is 5.47. The van der Waals surface area contributed by atoms with Crippen molar-refractivity contribution in [3.8, 4) is 5.75 Å². The Labute approximate surface area is 182 Å². The average Bonchev–Trinajstić information content (AvgIpc) is 2.82. The Morgan fingerprint density at radius 3 is 2.61 bits per heavy atom. The molecule has 0 saturated heterocycles. The van der Waals surface area contributed by atoms with Crippen molar-refractivity contribution >= 4 is 11.8 Å². The molecule has 3 aromatic rings. The minimum Gasteiger partial charge on any atom is -0.484 e. The van der Waals surface area contributed by atoms with Crippen molar-refractivity contribution in [2.45, 2.75) is 31.8 Å². The zero-order valence-electron chi connectivity index (χ0n) is 17.3. The maximum atomic E-state index is 12.5. The maximum absolute atomic E-state index is 12.5. The normalized spacial score (nSPS) is 14.9. The van der Waals surface area contributed by atoms with Gasteiger partial charge in [-0.1, -0.05) is 60.7 Å². The molecule has 31 heavy (non-hydrogen) atoms. The van der Waals surface area contributed by atoms with Crippen LogP contribution in [0.25, 0.3) is 0 Å². The fourth-order valence-electron chi connectivity index (χ4n) is 3.90. The molecule has 5 nitrogen and oxygen atoms in total. The van der Waals surface area contributed by atoms with Crippen LogP contribution in [0.5, 0.6) is 5.75 Å². The standard InChI is InChI=1S/C26H26N2O3/c29-25(28-24-15-7-11-20-10-4-5-14-23(20)24)18-31-22-13-6-12-21(16-22)26(30)27-17-19-8-2-1-3-9-19/h1-6,8-10,12-14,16,24H,7,11,15,17-18H2,(H,27,30)(H,28,29)/t24-/m0/s1. The summed E-state index contributed by atoms with van der Waals surface area (Å²) in [6.45, 7) is 0.365. The molecule has 0 aromatic heterocycles.